The van der Waals surface area contributed by atoms with Gasteiger partial charge < -0.3 is 5.32 Å². The minimum atomic E-state index is 0.768. The van der Waals surface area contributed by atoms with Crippen molar-refractivity contribution >= 4 is 5.82 Å². The maximum atomic E-state index is 4.33. The van der Waals surface area contributed by atoms with Crippen LogP contribution in [-0.2, 0) is 6.54 Å². The van der Waals surface area contributed by atoms with E-state index >= 15 is 0 Å². The Kier molecular flexibility index (Phi) is 3.50. The molecule has 2 aromatic carbocycles. The zero-order chi connectivity index (χ0) is 13.8. The van der Waals surface area contributed by atoms with Gasteiger partial charge in [-0.05, 0) is 18.6 Å². The molecular formula is C17H16N3. The van der Waals surface area contributed by atoms with E-state index in [1.54, 1.807) is 0 Å². The average molecular weight is 262 g/mol. The van der Waals surface area contributed by atoms with Gasteiger partial charge in [-0.3, -0.25) is 5.10 Å². The molecular weight excluding hydrogens is 246 g/mol. The number of anilines is 1. The minimum Gasteiger partial charge on any atom is -0.366 e. The number of H-pyrrole nitrogens is 1. The van der Waals surface area contributed by atoms with Crippen molar-refractivity contribution in [2.45, 2.75) is 13.5 Å². The Morgan fingerprint density at radius 3 is 2.60 bits per heavy atom. The highest BCUT2D eigenvalue weighted by molar-refractivity contribution is 5.62. The Balaban J connectivity index is 1.69. The minimum absolute atomic E-state index is 0.768. The molecule has 0 spiro atoms. The molecule has 0 unspecified atom stereocenters. The first-order chi connectivity index (χ1) is 9.81. The van der Waals surface area contributed by atoms with E-state index in [1.165, 1.54) is 11.1 Å². The van der Waals surface area contributed by atoms with Gasteiger partial charge in [0.25, 0.3) is 0 Å². The van der Waals surface area contributed by atoms with Gasteiger partial charge >= 0.3 is 0 Å². The summed E-state index contributed by atoms with van der Waals surface area (Å²) in [5.41, 5.74) is 4.54. The molecule has 1 aromatic heterocycles. The smallest absolute Gasteiger partial charge is 0.122 e. The van der Waals surface area contributed by atoms with Gasteiger partial charge in [0.05, 0.1) is 5.69 Å². The molecule has 99 valence electrons. The second kappa shape index (κ2) is 5.61. The Morgan fingerprint density at radius 2 is 1.85 bits per heavy atom. The molecule has 0 fully saturated rings. The van der Waals surface area contributed by atoms with E-state index in [-0.39, 0.29) is 0 Å². The fourth-order valence-electron chi connectivity index (χ4n) is 2.02. The highest BCUT2D eigenvalue weighted by Gasteiger charge is 2.03. The lowest BCUT2D eigenvalue weighted by molar-refractivity contribution is 1.05. The summed E-state index contributed by atoms with van der Waals surface area (Å²) in [6.45, 7) is 2.85. The van der Waals surface area contributed by atoms with Crippen LogP contribution in [0.3, 0.4) is 0 Å². The summed E-state index contributed by atoms with van der Waals surface area (Å²) < 4.78 is 0. The van der Waals surface area contributed by atoms with Crippen molar-refractivity contribution in [1.29, 1.82) is 0 Å². The SMILES string of the molecule is Cc1ccc(-c2cc(NCc3cc[c]cc3)[nH]n2)cc1. The van der Waals surface area contributed by atoms with Gasteiger partial charge in [-0.1, -0.05) is 54.1 Å². The lowest BCUT2D eigenvalue weighted by atomic mass is 10.1. The Hall–Kier alpha value is -2.55. The molecule has 3 aromatic rings. The van der Waals surface area contributed by atoms with Crippen LogP contribution >= 0.6 is 0 Å². The van der Waals surface area contributed by atoms with Crippen LogP contribution in [0.4, 0.5) is 5.82 Å². The van der Waals surface area contributed by atoms with Crippen LogP contribution in [0.1, 0.15) is 11.1 Å². The second-order valence-corrected chi connectivity index (χ2v) is 4.79. The molecule has 3 rings (SSSR count). The van der Waals surface area contributed by atoms with E-state index in [0.717, 1.165) is 23.6 Å². The van der Waals surface area contributed by atoms with E-state index in [9.17, 15) is 0 Å². The van der Waals surface area contributed by atoms with Gasteiger partial charge in [0.15, 0.2) is 0 Å². The number of rotatable bonds is 4. The average Bonchev–Trinajstić information content (AvgIpc) is 2.96. The Labute approximate surface area is 118 Å². The van der Waals surface area contributed by atoms with Crippen LogP contribution in [0.25, 0.3) is 11.3 Å². The quantitative estimate of drug-likeness (QED) is 0.751. The molecule has 0 aliphatic rings. The summed E-state index contributed by atoms with van der Waals surface area (Å²) in [7, 11) is 0. The first kappa shape index (κ1) is 12.5. The van der Waals surface area contributed by atoms with Gasteiger partial charge in [0.2, 0.25) is 0 Å². The van der Waals surface area contributed by atoms with E-state index in [4.69, 9.17) is 0 Å². The van der Waals surface area contributed by atoms with E-state index in [1.807, 2.05) is 30.3 Å². The van der Waals surface area contributed by atoms with Crippen LogP contribution in [-0.4, -0.2) is 10.2 Å². The largest absolute Gasteiger partial charge is 0.366 e. The van der Waals surface area contributed by atoms with Gasteiger partial charge in [-0.25, -0.2) is 0 Å². The summed E-state index contributed by atoms with van der Waals surface area (Å²) in [5.74, 6) is 0.924. The molecule has 0 aliphatic carbocycles. The van der Waals surface area contributed by atoms with Crippen LogP contribution in [0.15, 0.2) is 54.6 Å². The summed E-state index contributed by atoms with van der Waals surface area (Å²) in [6.07, 6.45) is 0. The molecule has 3 heteroatoms. The highest BCUT2D eigenvalue weighted by atomic mass is 15.2. The molecule has 0 amide bonds. The number of hydrogen-bond acceptors (Lipinski definition) is 2. The highest BCUT2D eigenvalue weighted by Crippen LogP contribution is 2.20. The van der Waals surface area contributed by atoms with E-state index in [2.05, 4.69) is 52.8 Å². The van der Waals surface area contributed by atoms with Crippen molar-refractivity contribution in [1.82, 2.24) is 10.2 Å². The zero-order valence-corrected chi connectivity index (χ0v) is 11.4. The van der Waals surface area contributed by atoms with E-state index in [0.29, 0.717) is 0 Å². The van der Waals surface area contributed by atoms with Crippen molar-refractivity contribution in [2.75, 3.05) is 5.32 Å². The maximum Gasteiger partial charge on any atom is 0.122 e. The number of hydrogen-bond donors (Lipinski definition) is 2. The summed E-state index contributed by atoms with van der Waals surface area (Å²) in [6, 6.07) is 21.3. The molecule has 20 heavy (non-hydrogen) atoms. The second-order valence-electron chi connectivity index (χ2n) is 4.79. The third kappa shape index (κ3) is 2.88. The van der Waals surface area contributed by atoms with Crippen LogP contribution in [0.2, 0.25) is 0 Å². The number of nitrogens with zero attached hydrogens (tertiary/aromatic N) is 1. The fourth-order valence-corrected chi connectivity index (χ4v) is 2.02. The standard InChI is InChI=1S/C17H16N3/c1-13-7-9-15(10-8-13)16-11-17(20-19-16)18-12-14-5-3-2-4-6-14/h3-11H,12H2,1H3,(H2,18,19,20). The number of benzene rings is 2. The van der Waals surface area contributed by atoms with E-state index < -0.39 is 0 Å². The lowest BCUT2D eigenvalue weighted by Crippen LogP contribution is -1.98. The summed E-state index contributed by atoms with van der Waals surface area (Å²) >= 11 is 0. The fraction of sp³-hybridized carbons (Fsp3) is 0.118. The first-order valence-corrected chi connectivity index (χ1v) is 6.62. The van der Waals surface area contributed by atoms with Crippen molar-refractivity contribution in [3.05, 3.63) is 71.8 Å². The molecule has 0 bridgehead atoms. The predicted molar refractivity (Wildman–Crippen MR) is 81.4 cm³/mol. The summed E-state index contributed by atoms with van der Waals surface area (Å²) in [4.78, 5) is 0. The molecule has 2 N–H and O–H groups in total. The predicted octanol–water partition coefficient (Wildman–Crippen LogP) is 3.80. The molecule has 0 saturated carbocycles. The molecule has 3 nitrogen and oxygen atoms in total. The monoisotopic (exact) mass is 262 g/mol. The third-order valence-corrected chi connectivity index (χ3v) is 3.20. The van der Waals surface area contributed by atoms with Gasteiger partial charge in [-0.15, -0.1) is 0 Å². The number of aromatic nitrogens is 2. The maximum absolute atomic E-state index is 4.33. The zero-order valence-electron chi connectivity index (χ0n) is 11.4. The summed E-state index contributed by atoms with van der Waals surface area (Å²) in [5, 5.41) is 10.7. The van der Waals surface area contributed by atoms with Crippen molar-refractivity contribution < 1.29 is 0 Å². The van der Waals surface area contributed by atoms with Crippen molar-refractivity contribution in [3.63, 3.8) is 0 Å². The number of aryl methyl sites for hydroxylation is 1. The van der Waals surface area contributed by atoms with Crippen LogP contribution < -0.4 is 5.32 Å². The third-order valence-electron chi connectivity index (χ3n) is 3.20. The lowest BCUT2D eigenvalue weighted by Gasteiger charge is -2.02. The Morgan fingerprint density at radius 1 is 1.10 bits per heavy atom. The normalized spacial score (nSPS) is 10.4. The Bertz CT molecular complexity index is 669. The molecule has 1 radical (unpaired) electrons. The molecule has 1 heterocycles. The first-order valence-electron chi connectivity index (χ1n) is 6.62. The van der Waals surface area contributed by atoms with Crippen molar-refractivity contribution in [2.24, 2.45) is 0 Å². The van der Waals surface area contributed by atoms with Crippen LogP contribution in [0.5, 0.6) is 0 Å². The number of nitrogens with one attached hydrogen (secondary N) is 2. The molecule has 0 aliphatic heterocycles. The molecule has 0 atom stereocenters. The van der Waals surface area contributed by atoms with Gasteiger partial charge in [-0.2, -0.15) is 5.10 Å². The van der Waals surface area contributed by atoms with Gasteiger partial charge in [0.1, 0.15) is 5.82 Å². The molecule has 0 saturated heterocycles. The van der Waals surface area contributed by atoms with Crippen LogP contribution in [0, 0.1) is 13.0 Å². The number of aromatic amines is 1. The van der Waals surface area contributed by atoms with Crippen molar-refractivity contribution in [3.8, 4) is 11.3 Å². The van der Waals surface area contributed by atoms with Gasteiger partial charge in [0, 0.05) is 18.2 Å². The topological polar surface area (TPSA) is 40.7 Å².